The summed E-state index contributed by atoms with van der Waals surface area (Å²) in [6.07, 6.45) is 18.7. The van der Waals surface area contributed by atoms with Crippen molar-refractivity contribution in [3.05, 3.63) is 11.8 Å². The van der Waals surface area contributed by atoms with Crippen LogP contribution in [0.4, 0.5) is 0 Å². The largest absolute Gasteiger partial charge is 0.473 e. The summed E-state index contributed by atoms with van der Waals surface area (Å²) in [5.41, 5.74) is 0. The minimum atomic E-state index is -0.517. The van der Waals surface area contributed by atoms with E-state index in [-0.39, 0.29) is 6.10 Å². The summed E-state index contributed by atoms with van der Waals surface area (Å²) >= 11 is 0. The summed E-state index contributed by atoms with van der Waals surface area (Å²) in [7, 11) is 0. The van der Waals surface area contributed by atoms with E-state index in [4.69, 9.17) is 18.7 Å². The molecule has 1 aliphatic heterocycles. The Kier molecular flexibility index (Phi) is 11.7. The molecule has 0 aromatic carbocycles. The highest BCUT2D eigenvalue weighted by atomic mass is 16.7. The molecule has 1 atom stereocenters. The maximum absolute atomic E-state index is 5.72. The molecule has 1 saturated heterocycles. The van der Waals surface area contributed by atoms with Crippen LogP contribution < -0.4 is 4.74 Å². The number of unbranched alkanes of at least 4 members (excludes halogenated alkanes) is 12. The van der Waals surface area contributed by atoms with Crippen LogP contribution in [0.3, 0.4) is 0 Å². The van der Waals surface area contributed by atoms with Gasteiger partial charge in [-0.25, -0.2) is 0 Å². The second-order valence-corrected chi connectivity index (χ2v) is 8.89. The normalized spacial score (nSPS) is 18.4. The van der Waals surface area contributed by atoms with Crippen molar-refractivity contribution in [3.8, 4) is 5.88 Å². The van der Waals surface area contributed by atoms with Crippen LogP contribution in [-0.2, 0) is 15.9 Å². The lowest BCUT2D eigenvalue weighted by molar-refractivity contribution is -0.141. The molecule has 1 fully saturated rings. The maximum atomic E-state index is 5.72. The van der Waals surface area contributed by atoms with Crippen LogP contribution in [0, 0.1) is 0 Å². The Bertz CT molecular complexity index is 529. The number of rotatable bonds is 17. The molecule has 0 aliphatic carbocycles. The first-order valence-electron chi connectivity index (χ1n) is 12.0. The molecule has 1 aliphatic rings. The van der Waals surface area contributed by atoms with Gasteiger partial charge >= 0.3 is 0 Å². The Balaban J connectivity index is 1.39. The van der Waals surface area contributed by atoms with Gasteiger partial charge in [-0.1, -0.05) is 84.0 Å². The smallest absolute Gasteiger partial charge is 0.254 e. The van der Waals surface area contributed by atoms with Crippen molar-refractivity contribution in [1.29, 1.82) is 0 Å². The van der Waals surface area contributed by atoms with Crippen molar-refractivity contribution < 1.29 is 18.7 Å². The summed E-state index contributed by atoms with van der Waals surface area (Å²) in [5, 5.41) is 4.00. The highest BCUT2D eigenvalue weighted by molar-refractivity contribution is 5.11. The molecule has 168 valence electrons. The molecule has 0 N–H and O–H groups in total. The van der Waals surface area contributed by atoms with E-state index in [0.717, 1.165) is 18.6 Å². The molecule has 1 aromatic heterocycles. The monoisotopic (exact) mass is 409 g/mol. The molecule has 2 heterocycles. The lowest BCUT2D eigenvalue weighted by Crippen LogP contribution is -2.25. The molecular weight excluding hydrogens is 366 g/mol. The molecule has 5 heteroatoms. The van der Waals surface area contributed by atoms with Gasteiger partial charge in [0.2, 0.25) is 0 Å². The minimum Gasteiger partial charge on any atom is -0.473 e. The van der Waals surface area contributed by atoms with Gasteiger partial charge in [-0.15, -0.1) is 0 Å². The number of nitrogens with zero attached hydrogens (tertiary/aromatic N) is 1. The summed E-state index contributed by atoms with van der Waals surface area (Å²) in [6.45, 7) is 7.10. The van der Waals surface area contributed by atoms with Crippen molar-refractivity contribution in [1.82, 2.24) is 5.16 Å². The fraction of sp³-hybridized carbons (Fsp3) is 0.875. The maximum Gasteiger partial charge on any atom is 0.254 e. The van der Waals surface area contributed by atoms with Crippen molar-refractivity contribution in [3.63, 3.8) is 0 Å². The molecule has 0 radical (unpaired) electrons. The molecule has 29 heavy (non-hydrogen) atoms. The average Bonchev–Trinajstić information content (AvgIpc) is 3.29. The summed E-state index contributed by atoms with van der Waals surface area (Å²) < 4.78 is 22.3. The molecule has 0 bridgehead atoms. The van der Waals surface area contributed by atoms with Crippen molar-refractivity contribution in [2.75, 3.05) is 13.2 Å². The van der Waals surface area contributed by atoms with Crippen LogP contribution >= 0.6 is 0 Å². The second kappa shape index (κ2) is 14.0. The Morgan fingerprint density at radius 3 is 2.07 bits per heavy atom. The molecule has 1 unspecified atom stereocenters. The van der Waals surface area contributed by atoms with Crippen molar-refractivity contribution in [2.24, 2.45) is 0 Å². The van der Waals surface area contributed by atoms with Crippen LogP contribution in [0.5, 0.6) is 5.88 Å². The zero-order valence-corrected chi connectivity index (χ0v) is 19.0. The van der Waals surface area contributed by atoms with Crippen LogP contribution in [-0.4, -0.2) is 30.3 Å². The summed E-state index contributed by atoms with van der Waals surface area (Å²) in [4.78, 5) is 0. The molecule has 5 nitrogen and oxygen atoms in total. The van der Waals surface area contributed by atoms with Gasteiger partial charge < -0.3 is 18.7 Å². The van der Waals surface area contributed by atoms with Crippen LogP contribution in [0.1, 0.15) is 110 Å². The third kappa shape index (κ3) is 11.0. The number of aromatic nitrogens is 1. The van der Waals surface area contributed by atoms with E-state index in [1.807, 2.05) is 19.9 Å². The number of hydrogen-bond donors (Lipinski definition) is 0. The van der Waals surface area contributed by atoms with E-state index in [1.54, 1.807) is 0 Å². The van der Waals surface area contributed by atoms with E-state index in [9.17, 15) is 0 Å². The quantitative estimate of drug-likeness (QED) is 0.264. The Hall–Kier alpha value is -1.07. The fourth-order valence-electron chi connectivity index (χ4n) is 3.82. The van der Waals surface area contributed by atoms with E-state index in [1.165, 1.54) is 77.0 Å². The SMILES string of the molecule is CCCCCCCCCCCCCCCc1cc(OCC2COC(C)(C)O2)no1. The van der Waals surface area contributed by atoms with E-state index < -0.39 is 5.79 Å². The lowest BCUT2D eigenvalue weighted by atomic mass is 10.0. The third-order valence-electron chi connectivity index (χ3n) is 5.55. The molecule has 0 spiro atoms. The number of hydrogen-bond acceptors (Lipinski definition) is 5. The average molecular weight is 410 g/mol. The zero-order chi connectivity index (χ0) is 20.8. The van der Waals surface area contributed by atoms with Crippen LogP contribution in [0.2, 0.25) is 0 Å². The van der Waals surface area contributed by atoms with Gasteiger partial charge in [-0.3, -0.25) is 0 Å². The molecule has 1 aromatic rings. The molecular formula is C24H43NO4. The molecule has 0 saturated carbocycles. The lowest BCUT2D eigenvalue weighted by Gasteiger charge is -2.16. The molecule has 0 amide bonds. The van der Waals surface area contributed by atoms with Gasteiger partial charge in [0.1, 0.15) is 18.5 Å². The van der Waals surface area contributed by atoms with Gasteiger partial charge in [0.25, 0.3) is 5.88 Å². The Morgan fingerprint density at radius 1 is 0.931 bits per heavy atom. The predicted octanol–water partition coefficient (Wildman–Crippen LogP) is 6.84. The van der Waals surface area contributed by atoms with E-state index >= 15 is 0 Å². The van der Waals surface area contributed by atoms with Crippen molar-refractivity contribution >= 4 is 0 Å². The van der Waals surface area contributed by atoms with E-state index in [2.05, 4.69) is 12.1 Å². The van der Waals surface area contributed by atoms with Gasteiger partial charge in [0.05, 0.1) is 6.61 Å². The van der Waals surface area contributed by atoms with Gasteiger partial charge in [0, 0.05) is 12.5 Å². The Labute approximate surface area is 177 Å². The Morgan fingerprint density at radius 2 is 1.52 bits per heavy atom. The predicted molar refractivity (Wildman–Crippen MR) is 116 cm³/mol. The van der Waals surface area contributed by atoms with Gasteiger partial charge in [-0.2, -0.15) is 0 Å². The van der Waals surface area contributed by atoms with Crippen LogP contribution in [0.25, 0.3) is 0 Å². The number of aryl methyl sites for hydroxylation is 1. The van der Waals surface area contributed by atoms with Crippen LogP contribution in [0.15, 0.2) is 10.6 Å². The summed E-state index contributed by atoms with van der Waals surface area (Å²) in [6, 6.07) is 1.90. The minimum absolute atomic E-state index is 0.0498. The number of ether oxygens (including phenoxy) is 3. The molecule has 2 rings (SSSR count). The third-order valence-corrected chi connectivity index (χ3v) is 5.55. The topological polar surface area (TPSA) is 53.7 Å². The second-order valence-electron chi connectivity index (χ2n) is 8.89. The van der Waals surface area contributed by atoms with Crippen molar-refractivity contribution in [2.45, 2.75) is 123 Å². The first-order chi connectivity index (χ1) is 14.1. The highest BCUT2D eigenvalue weighted by Crippen LogP contribution is 2.23. The standard InChI is InChI=1S/C24H43NO4/c1-4-5-6-7-8-9-10-11-12-13-14-15-16-17-21-18-23(25-29-21)26-19-22-20-27-24(2,3)28-22/h18,22H,4-17,19-20H2,1-3H3. The van der Waals surface area contributed by atoms with Gasteiger partial charge in [0.15, 0.2) is 5.79 Å². The highest BCUT2D eigenvalue weighted by Gasteiger charge is 2.33. The van der Waals surface area contributed by atoms with Gasteiger partial charge in [-0.05, 0) is 25.4 Å². The summed E-state index contributed by atoms with van der Waals surface area (Å²) in [5.74, 6) is 0.937. The first kappa shape index (κ1) is 24.2. The van der Waals surface area contributed by atoms with E-state index in [0.29, 0.717) is 19.1 Å². The fourth-order valence-corrected chi connectivity index (χ4v) is 3.82. The zero-order valence-electron chi connectivity index (χ0n) is 19.0. The first-order valence-corrected chi connectivity index (χ1v) is 12.0.